The van der Waals surface area contributed by atoms with Crippen molar-refractivity contribution >= 4 is 5.91 Å². The zero-order chi connectivity index (χ0) is 13.5. The van der Waals surface area contributed by atoms with Crippen LogP contribution in [0.5, 0.6) is 5.75 Å². The summed E-state index contributed by atoms with van der Waals surface area (Å²) in [6.45, 7) is 2.02. The molecule has 0 spiro atoms. The van der Waals surface area contributed by atoms with E-state index in [2.05, 4.69) is 10.6 Å². The Morgan fingerprint density at radius 1 is 1.47 bits per heavy atom. The maximum Gasteiger partial charge on any atom is 0.223 e. The van der Waals surface area contributed by atoms with Gasteiger partial charge in [-0.25, -0.2) is 4.39 Å². The van der Waals surface area contributed by atoms with E-state index in [0.29, 0.717) is 0 Å². The number of carbonyl (C=O) groups excluding carboxylic acids is 1. The number of carbonyl (C=O) groups is 1. The molecule has 0 radical (unpaired) electrons. The Kier molecular flexibility index (Phi) is 5.15. The molecule has 1 saturated heterocycles. The normalized spacial score (nSPS) is 18.9. The molecule has 2 N–H and O–H groups in total. The van der Waals surface area contributed by atoms with E-state index in [4.69, 9.17) is 4.74 Å². The van der Waals surface area contributed by atoms with Gasteiger partial charge >= 0.3 is 0 Å². The average Bonchev–Trinajstić information content (AvgIpc) is 2.42. The molecular weight excluding hydrogens is 247 g/mol. The van der Waals surface area contributed by atoms with Crippen molar-refractivity contribution < 1.29 is 13.9 Å². The monoisotopic (exact) mass is 266 g/mol. The van der Waals surface area contributed by atoms with Crippen LogP contribution >= 0.6 is 0 Å². The van der Waals surface area contributed by atoms with Gasteiger partial charge in [0.05, 0.1) is 13.0 Å². The molecule has 0 aliphatic carbocycles. The molecule has 104 valence electrons. The summed E-state index contributed by atoms with van der Waals surface area (Å²) in [5.41, 5.74) is 0. The Labute approximate surface area is 112 Å². The number of piperidine rings is 1. The zero-order valence-electron chi connectivity index (χ0n) is 10.8. The number of ether oxygens (including phenoxy) is 1. The number of halogens is 1. The first-order valence-corrected chi connectivity index (χ1v) is 6.63. The third kappa shape index (κ3) is 4.52. The van der Waals surface area contributed by atoms with Gasteiger partial charge in [0.2, 0.25) is 5.91 Å². The minimum absolute atomic E-state index is 0.0509. The topological polar surface area (TPSA) is 50.4 Å². The quantitative estimate of drug-likeness (QED) is 0.848. The molecule has 1 aromatic carbocycles. The molecule has 0 aromatic heterocycles. The number of nitrogens with one attached hydrogen (secondary N) is 2. The highest BCUT2D eigenvalue weighted by Crippen LogP contribution is 2.15. The first-order chi connectivity index (χ1) is 9.25. The van der Waals surface area contributed by atoms with E-state index in [1.54, 1.807) is 18.2 Å². The van der Waals surface area contributed by atoms with Crippen LogP contribution in [0.1, 0.15) is 19.3 Å². The maximum atomic E-state index is 13.3. The summed E-state index contributed by atoms with van der Waals surface area (Å²) in [4.78, 5) is 11.7. The van der Waals surface area contributed by atoms with Crippen LogP contribution in [0.15, 0.2) is 24.3 Å². The fraction of sp³-hybridized carbons (Fsp3) is 0.500. The van der Waals surface area contributed by atoms with Gasteiger partial charge in [0.25, 0.3) is 0 Å². The van der Waals surface area contributed by atoms with E-state index in [1.807, 2.05) is 0 Å². The Morgan fingerprint density at radius 3 is 3.05 bits per heavy atom. The van der Waals surface area contributed by atoms with E-state index in [9.17, 15) is 9.18 Å². The molecule has 0 saturated carbocycles. The van der Waals surface area contributed by atoms with Crippen molar-refractivity contribution in [2.45, 2.75) is 25.3 Å². The van der Waals surface area contributed by atoms with E-state index < -0.39 is 5.82 Å². The molecule has 5 heteroatoms. The lowest BCUT2D eigenvalue weighted by atomic mass is 10.1. The van der Waals surface area contributed by atoms with Gasteiger partial charge in [-0.2, -0.15) is 0 Å². The van der Waals surface area contributed by atoms with Gasteiger partial charge in [0.15, 0.2) is 11.6 Å². The second-order valence-corrected chi connectivity index (χ2v) is 4.64. The van der Waals surface area contributed by atoms with Gasteiger partial charge in [-0.05, 0) is 31.5 Å². The van der Waals surface area contributed by atoms with Gasteiger partial charge < -0.3 is 15.4 Å². The van der Waals surface area contributed by atoms with Crippen molar-refractivity contribution in [2.75, 3.05) is 19.7 Å². The van der Waals surface area contributed by atoms with Crippen LogP contribution in [-0.4, -0.2) is 31.6 Å². The van der Waals surface area contributed by atoms with Crippen molar-refractivity contribution in [1.82, 2.24) is 10.6 Å². The fourth-order valence-electron chi connectivity index (χ4n) is 2.09. The molecular formula is C14H19FN2O2. The lowest BCUT2D eigenvalue weighted by Gasteiger charge is -2.23. The molecule has 1 aromatic rings. The summed E-state index contributed by atoms with van der Waals surface area (Å²) in [5, 5.41) is 6.18. The molecule has 0 unspecified atom stereocenters. The van der Waals surface area contributed by atoms with Crippen LogP contribution < -0.4 is 15.4 Å². The zero-order valence-corrected chi connectivity index (χ0v) is 10.8. The predicted molar refractivity (Wildman–Crippen MR) is 70.5 cm³/mol. The SMILES string of the molecule is O=C(CCOc1ccccc1F)N[C@H]1CCCNC1. The van der Waals surface area contributed by atoms with E-state index >= 15 is 0 Å². The Bertz CT molecular complexity index is 420. The number of hydrogen-bond acceptors (Lipinski definition) is 3. The van der Waals surface area contributed by atoms with Crippen LogP contribution in [0.4, 0.5) is 4.39 Å². The summed E-state index contributed by atoms with van der Waals surface area (Å²) in [7, 11) is 0. The summed E-state index contributed by atoms with van der Waals surface area (Å²) in [6.07, 6.45) is 2.33. The first-order valence-electron chi connectivity index (χ1n) is 6.63. The minimum Gasteiger partial charge on any atom is -0.490 e. The average molecular weight is 266 g/mol. The van der Waals surface area contributed by atoms with Crippen molar-refractivity contribution in [3.05, 3.63) is 30.1 Å². The van der Waals surface area contributed by atoms with Crippen LogP contribution in [-0.2, 0) is 4.79 Å². The Morgan fingerprint density at radius 2 is 2.32 bits per heavy atom. The lowest BCUT2D eigenvalue weighted by molar-refractivity contribution is -0.122. The predicted octanol–water partition coefficient (Wildman–Crippen LogP) is 1.46. The fourth-order valence-corrected chi connectivity index (χ4v) is 2.09. The Hall–Kier alpha value is -1.62. The second kappa shape index (κ2) is 7.09. The third-order valence-corrected chi connectivity index (χ3v) is 3.09. The van der Waals surface area contributed by atoms with E-state index in [1.165, 1.54) is 6.07 Å². The molecule has 19 heavy (non-hydrogen) atoms. The smallest absolute Gasteiger partial charge is 0.223 e. The van der Waals surface area contributed by atoms with Crippen LogP contribution in [0.25, 0.3) is 0 Å². The van der Waals surface area contributed by atoms with Gasteiger partial charge in [-0.3, -0.25) is 4.79 Å². The first kappa shape index (κ1) is 13.8. The number of benzene rings is 1. The van der Waals surface area contributed by atoms with Crippen molar-refractivity contribution in [1.29, 1.82) is 0 Å². The standard InChI is InChI=1S/C14H19FN2O2/c15-12-5-1-2-6-13(12)19-9-7-14(18)17-11-4-3-8-16-10-11/h1-2,5-6,11,16H,3-4,7-10H2,(H,17,18)/t11-/m0/s1. The Balaban J connectivity index is 1.67. The molecule has 1 fully saturated rings. The summed E-state index contributed by atoms with van der Waals surface area (Å²) in [5.74, 6) is -0.265. The highest BCUT2D eigenvalue weighted by atomic mass is 19.1. The summed E-state index contributed by atoms with van der Waals surface area (Å²) >= 11 is 0. The van der Waals surface area contributed by atoms with Crippen molar-refractivity contribution in [3.63, 3.8) is 0 Å². The molecule has 4 nitrogen and oxygen atoms in total. The van der Waals surface area contributed by atoms with Crippen LogP contribution in [0.3, 0.4) is 0 Å². The van der Waals surface area contributed by atoms with E-state index in [-0.39, 0.29) is 30.7 Å². The van der Waals surface area contributed by atoms with Crippen molar-refractivity contribution in [2.24, 2.45) is 0 Å². The minimum atomic E-state index is -0.403. The highest BCUT2D eigenvalue weighted by Gasteiger charge is 2.15. The molecule has 1 aliphatic rings. The summed E-state index contributed by atoms with van der Waals surface area (Å²) < 4.78 is 18.5. The summed E-state index contributed by atoms with van der Waals surface area (Å²) in [6, 6.07) is 6.40. The second-order valence-electron chi connectivity index (χ2n) is 4.64. The third-order valence-electron chi connectivity index (χ3n) is 3.09. The number of hydrogen-bond donors (Lipinski definition) is 2. The van der Waals surface area contributed by atoms with Gasteiger partial charge in [0.1, 0.15) is 0 Å². The lowest BCUT2D eigenvalue weighted by Crippen LogP contribution is -2.45. The van der Waals surface area contributed by atoms with Gasteiger partial charge in [0, 0.05) is 12.6 Å². The number of rotatable bonds is 5. The molecule has 1 atom stereocenters. The number of amides is 1. The molecule has 1 aliphatic heterocycles. The molecule has 2 rings (SSSR count). The number of para-hydroxylation sites is 1. The van der Waals surface area contributed by atoms with Gasteiger partial charge in [-0.1, -0.05) is 12.1 Å². The molecule has 0 bridgehead atoms. The van der Waals surface area contributed by atoms with Crippen molar-refractivity contribution in [3.8, 4) is 5.75 Å². The molecule has 1 heterocycles. The van der Waals surface area contributed by atoms with Crippen LogP contribution in [0.2, 0.25) is 0 Å². The largest absolute Gasteiger partial charge is 0.490 e. The molecule has 1 amide bonds. The van der Waals surface area contributed by atoms with Gasteiger partial charge in [-0.15, -0.1) is 0 Å². The van der Waals surface area contributed by atoms with E-state index in [0.717, 1.165) is 25.9 Å². The van der Waals surface area contributed by atoms with Crippen LogP contribution in [0, 0.1) is 5.82 Å². The highest BCUT2D eigenvalue weighted by molar-refractivity contribution is 5.76. The maximum absolute atomic E-state index is 13.3.